The summed E-state index contributed by atoms with van der Waals surface area (Å²) in [4.78, 5) is 38.9. The van der Waals surface area contributed by atoms with Gasteiger partial charge in [0.1, 0.15) is 11.3 Å². The van der Waals surface area contributed by atoms with Gasteiger partial charge in [-0.3, -0.25) is 4.79 Å². The van der Waals surface area contributed by atoms with Crippen LogP contribution in [0.2, 0.25) is 0 Å². The monoisotopic (exact) mass is 371 g/mol. The first-order valence-corrected chi connectivity index (χ1v) is 8.91. The van der Waals surface area contributed by atoms with Crippen LogP contribution in [-0.2, 0) is 11.2 Å². The zero-order valence-corrected chi connectivity index (χ0v) is 15.3. The summed E-state index contributed by atoms with van der Waals surface area (Å²) in [6.07, 6.45) is 0.726. The van der Waals surface area contributed by atoms with E-state index >= 15 is 0 Å². The smallest absolute Gasteiger partial charge is 0.336 e. The van der Waals surface area contributed by atoms with Crippen LogP contribution in [0.5, 0.6) is 5.75 Å². The van der Waals surface area contributed by atoms with Crippen molar-refractivity contribution in [2.24, 2.45) is 0 Å². The van der Waals surface area contributed by atoms with Crippen LogP contribution in [0.1, 0.15) is 12.5 Å². The van der Waals surface area contributed by atoms with Gasteiger partial charge in [-0.1, -0.05) is 6.92 Å². The van der Waals surface area contributed by atoms with Crippen LogP contribution in [0.15, 0.2) is 33.5 Å². The lowest BCUT2D eigenvalue weighted by Crippen LogP contribution is -2.70. The minimum Gasteiger partial charge on any atom is -0.484 e. The van der Waals surface area contributed by atoms with Crippen LogP contribution in [0.4, 0.5) is 4.79 Å². The molecule has 4 rings (SSSR count). The fourth-order valence-corrected chi connectivity index (χ4v) is 3.69. The Hall–Kier alpha value is -3.03. The zero-order valence-electron chi connectivity index (χ0n) is 15.3. The van der Waals surface area contributed by atoms with E-state index in [-0.39, 0.29) is 24.1 Å². The number of hydrogen-bond acceptors (Lipinski definition) is 5. The number of fused-ring (bicyclic) bond motifs is 1. The molecule has 2 saturated heterocycles. The molecule has 0 aliphatic carbocycles. The van der Waals surface area contributed by atoms with Gasteiger partial charge < -0.3 is 24.3 Å². The molecule has 0 atom stereocenters. The predicted octanol–water partition coefficient (Wildman–Crippen LogP) is 0.970. The highest BCUT2D eigenvalue weighted by molar-refractivity contribution is 5.83. The van der Waals surface area contributed by atoms with Gasteiger partial charge >= 0.3 is 11.7 Å². The van der Waals surface area contributed by atoms with Gasteiger partial charge in [0.25, 0.3) is 5.91 Å². The van der Waals surface area contributed by atoms with Crippen molar-refractivity contribution in [3.63, 3.8) is 0 Å². The van der Waals surface area contributed by atoms with E-state index in [2.05, 4.69) is 5.32 Å². The number of rotatable bonds is 4. The molecule has 1 N–H and O–H groups in total. The number of carbonyl (C=O) groups is 2. The second kappa shape index (κ2) is 6.29. The molecule has 142 valence electrons. The number of likely N-dealkylation sites (N-methyl/N-ethyl adjacent to an activating group) is 1. The summed E-state index contributed by atoms with van der Waals surface area (Å²) in [7, 11) is 1.74. The maximum atomic E-state index is 12.3. The third-order valence-corrected chi connectivity index (χ3v) is 5.45. The lowest BCUT2D eigenvalue weighted by Gasteiger charge is -2.50. The average Bonchev–Trinajstić information content (AvgIpc) is 2.92. The largest absolute Gasteiger partial charge is 0.484 e. The first-order chi connectivity index (χ1) is 12.9. The van der Waals surface area contributed by atoms with E-state index < -0.39 is 5.63 Å². The summed E-state index contributed by atoms with van der Waals surface area (Å²) in [5.74, 6) is 0.328. The number of ether oxygens (including phenoxy) is 1. The van der Waals surface area contributed by atoms with Crippen LogP contribution in [0.25, 0.3) is 11.0 Å². The van der Waals surface area contributed by atoms with Crippen LogP contribution < -0.4 is 15.7 Å². The van der Waals surface area contributed by atoms with Crippen LogP contribution >= 0.6 is 0 Å². The zero-order chi connectivity index (χ0) is 19.2. The summed E-state index contributed by atoms with van der Waals surface area (Å²) in [6.45, 7) is 3.41. The van der Waals surface area contributed by atoms with Gasteiger partial charge in [-0.25, -0.2) is 9.59 Å². The Balaban J connectivity index is 1.40. The lowest BCUT2D eigenvalue weighted by atomic mass is 9.89. The highest BCUT2D eigenvalue weighted by Crippen LogP contribution is 2.30. The van der Waals surface area contributed by atoms with E-state index in [0.29, 0.717) is 31.0 Å². The molecule has 0 radical (unpaired) electrons. The molecule has 8 nitrogen and oxygen atoms in total. The van der Waals surface area contributed by atoms with Crippen molar-refractivity contribution in [1.29, 1.82) is 0 Å². The van der Waals surface area contributed by atoms with Crippen molar-refractivity contribution >= 4 is 22.9 Å². The van der Waals surface area contributed by atoms with Gasteiger partial charge in [0.2, 0.25) is 0 Å². The molecule has 0 saturated carbocycles. The minimum atomic E-state index is -0.401. The van der Waals surface area contributed by atoms with Crippen molar-refractivity contribution in [3.05, 3.63) is 40.2 Å². The van der Waals surface area contributed by atoms with Crippen LogP contribution in [-0.4, -0.2) is 60.6 Å². The molecule has 3 amide bonds. The molecular weight excluding hydrogens is 350 g/mol. The van der Waals surface area contributed by atoms with E-state index in [0.717, 1.165) is 17.4 Å². The highest BCUT2D eigenvalue weighted by atomic mass is 16.5. The van der Waals surface area contributed by atoms with Gasteiger partial charge in [0, 0.05) is 44.2 Å². The normalized spacial score (nSPS) is 17.9. The molecule has 8 heteroatoms. The molecule has 2 aromatic rings. The predicted molar refractivity (Wildman–Crippen MR) is 97.8 cm³/mol. The van der Waals surface area contributed by atoms with Crippen molar-refractivity contribution in [3.8, 4) is 5.75 Å². The van der Waals surface area contributed by atoms with Crippen molar-refractivity contribution in [2.75, 3.05) is 33.3 Å². The van der Waals surface area contributed by atoms with E-state index in [4.69, 9.17) is 9.15 Å². The first kappa shape index (κ1) is 17.4. The molecule has 1 aromatic carbocycles. The summed E-state index contributed by atoms with van der Waals surface area (Å²) >= 11 is 0. The molecule has 1 aromatic heterocycles. The third-order valence-electron chi connectivity index (χ3n) is 5.45. The second-order valence-electron chi connectivity index (χ2n) is 7.08. The summed E-state index contributed by atoms with van der Waals surface area (Å²) in [6, 6.07) is 6.61. The van der Waals surface area contributed by atoms with Gasteiger partial charge in [0.05, 0.1) is 5.54 Å². The Labute approximate surface area is 155 Å². The van der Waals surface area contributed by atoms with E-state index in [9.17, 15) is 14.4 Å². The first-order valence-electron chi connectivity index (χ1n) is 8.91. The number of benzene rings is 1. The number of hydrogen-bond donors (Lipinski definition) is 1. The van der Waals surface area contributed by atoms with Crippen molar-refractivity contribution < 1.29 is 18.7 Å². The average molecular weight is 371 g/mol. The molecule has 27 heavy (non-hydrogen) atoms. The fraction of sp³-hybridized carbons (Fsp3) is 0.421. The number of nitrogens with one attached hydrogen (secondary N) is 1. The number of nitrogens with zero attached hydrogens (tertiary/aromatic N) is 2. The Morgan fingerprint density at radius 3 is 2.74 bits per heavy atom. The Kier molecular flexibility index (Phi) is 4.05. The molecule has 2 aliphatic heterocycles. The van der Waals surface area contributed by atoms with Gasteiger partial charge in [-0.2, -0.15) is 0 Å². The molecule has 2 aliphatic rings. The van der Waals surface area contributed by atoms with E-state index in [1.807, 2.05) is 13.0 Å². The van der Waals surface area contributed by atoms with E-state index in [1.54, 1.807) is 29.0 Å². The van der Waals surface area contributed by atoms with Gasteiger partial charge in [-0.05, 0) is 24.1 Å². The lowest BCUT2D eigenvalue weighted by molar-refractivity contribution is -0.144. The summed E-state index contributed by atoms with van der Waals surface area (Å²) < 4.78 is 10.8. The summed E-state index contributed by atoms with van der Waals surface area (Å²) in [5, 5.41) is 3.65. The maximum absolute atomic E-state index is 12.3. The molecule has 0 bridgehead atoms. The van der Waals surface area contributed by atoms with Crippen LogP contribution in [0.3, 0.4) is 0 Å². The molecule has 1 spiro atoms. The Morgan fingerprint density at radius 2 is 2.07 bits per heavy atom. The molecule has 0 unspecified atom stereocenters. The number of urea groups is 1. The van der Waals surface area contributed by atoms with Crippen LogP contribution in [0, 0.1) is 0 Å². The summed E-state index contributed by atoms with van der Waals surface area (Å²) in [5.41, 5.74) is 0.667. The van der Waals surface area contributed by atoms with E-state index in [1.165, 1.54) is 6.07 Å². The fourth-order valence-electron chi connectivity index (χ4n) is 3.69. The van der Waals surface area contributed by atoms with Crippen molar-refractivity contribution in [2.45, 2.75) is 18.9 Å². The topological polar surface area (TPSA) is 92.1 Å². The van der Waals surface area contributed by atoms with Gasteiger partial charge in [0.15, 0.2) is 6.61 Å². The van der Waals surface area contributed by atoms with Gasteiger partial charge in [-0.15, -0.1) is 0 Å². The Morgan fingerprint density at radius 1 is 1.30 bits per heavy atom. The second-order valence-corrected chi connectivity index (χ2v) is 7.08. The number of aryl methyl sites for hydroxylation is 1. The third kappa shape index (κ3) is 2.90. The Bertz CT molecular complexity index is 977. The number of amides is 3. The minimum absolute atomic E-state index is 0.107. The highest BCUT2D eigenvalue weighted by Gasteiger charge is 2.53. The van der Waals surface area contributed by atoms with Crippen molar-refractivity contribution in [1.82, 2.24) is 15.1 Å². The SMILES string of the molecule is CCc1cc(=O)oc2cc(OCC(=O)N3CC4(CNC(=O)N4C)C3)ccc12. The maximum Gasteiger partial charge on any atom is 0.336 e. The molecule has 2 fully saturated rings. The number of likely N-dealkylation sites (tertiary alicyclic amines) is 1. The number of carbonyl (C=O) groups excluding carboxylic acids is 2. The molecule has 3 heterocycles. The standard InChI is InChI=1S/C19H21N3O5/c1-3-12-6-17(24)27-15-7-13(4-5-14(12)15)26-8-16(23)22-10-19(11-22)9-20-18(25)21(19)2/h4-7H,3,8-11H2,1-2H3,(H,20,25). The quantitative estimate of drug-likeness (QED) is 0.809. The molecular formula is C19H21N3O5.